The number of hydrogen-bond donors (Lipinski definition) is 1. The van der Waals surface area contributed by atoms with Gasteiger partial charge in [-0.05, 0) is 58.2 Å². The van der Waals surface area contributed by atoms with Crippen LogP contribution in [-0.2, 0) is 0 Å². The van der Waals surface area contributed by atoms with Crippen LogP contribution in [0.5, 0.6) is 0 Å². The summed E-state index contributed by atoms with van der Waals surface area (Å²) in [5.74, 6) is 1.91. The van der Waals surface area contributed by atoms with E-state index in [0.717, 1.165) is 11.8 Å². The van der Waals surface area contributed by atoms with Crippen molar-refractivity contribution in [3.05, 3.63) is 0 Å². The molecule has 0 aromatic rings. The van der Waals surface area contributed by atoms with Crippen LogP contribution in [0.3, 0.4) is 0 Å². The first kappa shape index (κ1) is 9.47. The Morgan fingerprint density at radius 2 is 2.15 bits per heavy atom. The quantitative estimate of drug-likeness (QED) is 0.693. The predicted molar refractivity (Wildman–Crippen MR) is 55.8 cm³/mol. The minimum Gasteiger partial charge on any atom is -0.317 e. The van der Waals surface area contributed by atoms with Crippen LogP contribution in [0.2, 0.25) is 0 Å². The van der Waals surface area contributed by atoms with E-state index in [0.29, 0.717) is 6.04 Å². The Morgan fingerprint density at radius 3 is 2.92 bits per heavy atom. The average Bonchev–Trinajstić information content (AvgIpc) is 2.18. The van der Waals surface area contributed by atoms with Gasteiger partial charge in [-0.1, -0.05) is 0 Å². The SMILES string of the molecule is CNC(C)C1CCN2CCCC1C2. The van der Waals surface area contributed by atoms with Gasteiger partial charge >= 0.3 is 0 Å². The second-order valence-electron chi connectivity index (χ2n) is 4.73. The average molecular weight is 182 g/mol. The zero-order valence-corrected chi connectivity index (χ0v) is 8.92. The van der Waals surface area contributed by atoms with Crippen molar-refractivity contribution in [1.82, 2.24) is 10.2 Å². The lowest BCUT2D eigenvalue weighted by Gasteiger charge is -2.44. The molecule has 2 aliphatic rings. The molecule has 0 saturated carbocycles. The molecule has 2 heteroatoms. The van der Waals surface area contributed by atoms with Crippen molar-refractivity contribution in [3.8, 4) is 0 Å². The molecule has 2 saturated heterocycles. The summed E-state index contributed by atoms with van der Waals surface area (Å²) < 4.78 is 0. The first-order valence-electron chi connectivity index (χ1n) is 5.71. The van der Waals surface area contributed by atoms with Crippen LogP contribution in [0, 0.1) is 11.8 Å². The van der Waals surface area contributed by atoms with Crippen molar-refractivity contribution < 1.29 is 0 Å². The molecule has 2 rings (SSSR count). The first-order chi connectivity index (χ1) is 6.31. The Balaban J connectivity index is 1.97. The third-order valence-electron chi connectivity index (χ3n) is 4.02. The highest BCUT2D eigenvalue weighted by Gasteiger charge is 2.34. The number of piperidine rings is 2. The smallest absolute Gasteiger partial charge is 0.00675 e. The Hall–Kier alpha value is -0.0800. The predicted octanol–water partition coefficient (Wildman–Crippen LogP) is 1.33. The Bertz CT molecular complexity index is 169. The molecule has 4 unspecified atom stereocenters. The molecule has 0 aromatic heterocycles. The fourth-order valence-electron chi connectivity index (χ4n) is 3.08. The lowest BCUT2D eigenvalue weighted by atomic mass is 9.76. The van der Waals surface area contributed by atoms with Gasteiger partial charge < -0.3 is 10.2 Å². The van der Waals surface area contributed by atoms with Gasteiger partial charge in [-0.25, -0.2) is 0 Å². The normalized spacial score (nSPS) is 41.5. The van der Waals surface area contributed by atoms with E-state index < -0.39 is 0 Å². The van der Waals surface area contributed by atoms with Crippen molar-refractivity contribution in [3.63, 3.8) is 0 Å². The van der Waals surface area contributed by atoms with Gasteiger partial charge in [0.2, 0.25) is 0 Å². The third kappa shape index (κ3) is 1.89. The van der Waals surface area contributed by atoms with Crippen LogP contribution in [0.25, 0.3) is 0 Å². The summed E-state index contributed by atoms with van der Waals surface area (Å²) in [6.45, 7) is 6.41. The van der Waals surface area contributed by atoms with Gasteiger partial charge in [0.1, 0.15) is 0 Å². The number of nitrogens with one attached hydrogen (secondary N) is 1. The molecular formula is C11H22N2. The summed E-state index contributed by atoms with van der Waals surface area (Å²) in [5.41, 5.74) is 0. The second kappa shape index (κ2) is 3.97. The zero-order valence-electron chi connectivity index (χ0n) is 8.92. The molecule has 2 nitrogen and oxygen atoms in total. The van der Waals surface area contributed by atoms with E-state index in [1.807, 2.05) is 0 Å². The van der Waals surface area contributed by atoms with Crippen LogP contribution in [-0.4, -0.2) is 37.6 Å². The minimum absolute atomic E-state index is 0.713. The third-order valence-corrected chi connectivity index (χ3v) is 4.02. The molecule has 0 aromatic carbocycles. The second-order valence-corrected chi connectivity index (χ2v) is 4.73. The van der Waals surface area contributed by atoms with Gasteiger partial charge in [-0.2, -0.15) is 0 Å². The van der Waals surface area contributed by atoms with Crippen molar-refractivity contribution in [2.75, 3.05) is 26.7 Å². The number of hydrogen-bond acceptors (Lipinski definition) is 2. The Morgan fingerprint density at radius 1 is 1.31 bits per heavy atom. The van der Waals surface area contributed by atoms with E-state index in [9.17, 15) is 0 Å². The topological polar surface area (TPSA) is 15.3 Å². The van der Waals surface area contributed by atoms with Gasteiger partial charge in [0.05, 0.1) is 0 Å². The lowest BCUT2D eigenvalue weighted by Crippen LogP contribution is -2.49. The van der Waals surface area contributed by atoms with Crippen molar-refractivity contribution in [2.45, 2.75) is 32.2 Å². The fourth-order valence-corrected chi connectivity index (χ4v) is 3.08. The van der Waals surface area contributed by atoms with E-state index in [-0.39, 0.29) is 0 Å². The highest BCUT2D eigenvalue weighted by Crippen LogP contribution is 2.33. The summed E-state index contributed by atoms with van der Waals surface area (Å²) in [4.78, 5) is 2.65. The van der Waals surface area contributed by atoms with Crippen LogP contribution in [0.4, 0.5) is 0 Å². The standard InChI is InChI=1S/C11H22N2/c1-9(12-2)11-5-7-13-6-3-4-10(11)8-13/h9-12H,3-8H2,1-2H3. The fraction of sp³-hybridized carbons (Fsp3) is 1.00. The van der Waals surface area contributed by atoms with Gasteiger partial charge in [0.15, 0.2) is 0 Å². The van der Waals surface area contributed by atoms with Crippen LogP contribution < -0.4 is 5.32 Å². The summed E-state index contributed by atoms with van der Waals surface area (Å²) in [6, 6.07) is 0.713. The Labute approximate surface area is 81.7 Å². The molecule has 2 aliphatic heterocycles. The molecule has 4 atom stereocenters. The van der Waals surface area contributed by atoms with Crippen LogP contribution >= 0.6 is 0 Å². The number of fused-ring (bicyclic) bond motifs is 2. The lowest BCUT2D eigenvalue weighted by molar-refractivity contribution is 0.0591. The molecule has 0 aliphatic carbocycles. The zero-order chi connectivity index (χ0) is 9.26. The maximum Gasteiger partial charge on any atom is 0.00675 e. The molecule has 13 heavy (non-hydrogen) atoms. The number of rotatable bonds is 2. The maximum absolute atomic E-state index is 3.42. The van der Waals surface area contributed by atoms with E-state index in [2.05, 4.69) is 24.2 Å². The summed E-state index contributed by atoms with van der Waals surface area (Å²) in [6.07, 6.45) is 4.30. The first-order valence-corrected chi connectivity index (χ1v) is 5.71. The molecule has 1 N–H and O–H groups in total. The minimum atomic E-state index is 0.713. The molecule has 0 radical (unpaired) electrons. The highest BCUT2D eigenvalue weighted by molar-refractivity contribution is 4.88. The van der Waals surface area contributed by atoms with Gasteiger partial charge in [-0.15, -0.1) is 0 Å². The monoisotopic (exact) mass is 182 g/mol. The van der Waals surface area contributed by atoms with E-state index in [1.54, 1.807) is 0 Å². The molecule has 0 amide bonds. The number of nitrogens with zero attached hydrogens (tertiary/aromatic N) is 1. The molecule has 2 bridgehead atoms. The molecule has 2 fully saturated rings. The Kier molecular flexibility index (Phi) is 2.89. The van der Waals surface area contributed by atoms with Crippen molar-refractivity contribution >= 4 is 0 Å². The molecule has 0 spiro atoms. The van der Waals surface area contributed by atoms with E-state index >= 15 is 0 Å². The van der Waals surface area contributed by atoms with Gasteiger partial charge in [0, 0.05) is 12.6 Å². The van der Waals surface area contributed by atoms with Crippen molar-refractivity contribution in [1.29, 1.82) is 0 Å². The summed E-state index contributed by atoms with van der Waals surface area (Å²) in [7, 11) is 2.10. The van der Waals surface area contributed by atoms with Gasteiger partial charge in [-0.3, -0.25) is 0 Å². The highest BCUT2D eigenvalue weighted by atomic mass is 15.1. The largest absolute Gasteiger partial charge is 0.317 e. The van der Waals surface area contributed by atoms with Crippen LogP contribution in [0.1, 0.15) is 26.2 Å². The summed E-state index contributed by atoms with van der Waals surface area (Å²) in [5, 5.41) is 3.42. The molecule has 2 heterocycles. The molecular weight excluding hydrogens is 160 g/mol. The van der Waals surface area contributed by atoms with E-state index in [1.165, 1.54) is 38.9 Å². The molecule has 76 valence electrons. The van der Waals surface area contributed by atoms with Crippen LogP contribution in [0.15, 0.2) is 0 Å². The maximum atomic E-state index is 3.42. The van der Waals surface area contributed by atoms with E-state index in [4.69, 9.17) is 0 Å². The summed E-state index contributed by atoms with van der Waals surface area (Å²) >= 11 is 0. The van der Waals surface area contributed by atoms with Crippen molar-refractivity contribution in [2.24, 2.45) is 11.8 Å². The van der Waals surface area contributed by atoms with Gasteiger partial charge in [0.25, 0.3) is 0 Å².